The van der Waals surface area contributed by atoms with Crippen molar-refractivity contribution in [2.75, 3.05) is 6.61 Å². The Hall–Kier alpha value is -3.12. The molecule has 0 N–H and O–H groups in total. The van der Waals surface area contributed by atoms with Crippen molar-refractivity contribution in [3.05, 3.63) is 76.2 Å². The van der Waals surface area contributed by atoms with E-state index in [-0.39, 0.29) is 35.1 Å². The van der Waals surface area contributed by atoms with E-state index >= 15 is 0 Å². The van der Waals surface area contributed by atoms with E-state index in [1.54, 1.807) is 43.3 Å². The maximum Gasteiger partial charge on any atom is 0.356 e. The number of esters is 1. The first-order chi connectivity index (χ1) is 13.5. The van der Waals surface area contributed by atoms with Crippen LogP contribution in [0.4, 0.5) is 0 Å². The van der Waals surface area contributed by atoms with Crippen molar-refractivity contribution in [3.63, 3.8) is 0 Å². The Bertz CT molecular complexity index is 1060. The van der Waals surface area contributed by atoms with E-state index in [1.807, 2.05) is 0 Å². The first-order valence-electron chi connectivity index (χ1n) is 8.78. The van der Waals surface area contributed by atoms with Crippen LogP contribution in [0.2, 0.25) is 5.02 Å². The van der Waals surface area contributed by atoms with E-state index in [0.717, 1.165) is 0 Å². The van der Waals surface area contributed by atoms with Crippen molar-refractivity contribution >= 4 is 34.8 Å². The SMILES string of the molecule is CCOC(=O)C1=CC2C(=O)c3cccnc3C(=O)C2C(c2ccc(Cl)cc2)=N1. The van der Waals surface area contributed by atoms with Crippen LogP contribution in [0.1, 0.15) is 33.3 Å². The average Bonchev–Trinajstić information content (AvgIpc) is 2.72. The maximum atomic E-state index is 13.2. The zero-order valence-electron chi connectivity index (χ0n) is 14.9. The molecule has 1 aliphatic carbocycles. The Morgan fingerprint density at radius 1 is 1.14 bits per heavy atom. The molecule has 0 amide bonds. The summed E-state index contributed by atoms with van der Waals surface area (Å²) in [4.78, 5) is 47.1. The average molecular weight is 395 g/mol. The minimum Gasteiger partial charge on any atom is -0.461 e. The number of fused-ring (bicyclic) bond motifs is 2. The van der Waals surface area contributed by atoms with Crippen molar-refractivity contribution in [2.45, 2.75) is 6.92 Å². The summed E-state index contributed by atoms with van der Waals surface area (Å²) in [6.45, 7) is 1.86. The van der Waals surface area contributed by atoms with Gasteiger partial charge >= 0.3 is 5.97 Å². The molecule has 1 aromatic carbocycles. The number of aromatic nitrogens is 1. The van der Waals surface area contributed by atoms with Gasteiger partial charge < -0.3 is 4.74 Å². The van der Waals surface area contributed by atoms with Gasteiger partial charge in [-0.1, -0.05) is 23.7 Å². The summed E-state index contributed by atoms with van der Waals surface area (Å²) in [6, 6.07) is 9.92. The summed E-state index contributed by atoms with van der Waals surface area (Å²) in [5, 5.41) is 0.524. The van der Waals surface area contributed by atoms with Gasteiger partial charge in [-0.05, 0) is 42.8 Å². The molecule has 2 heterocycles. The highest BCUT2D eigenvalue weighted by Gasteiger charge is 2.46. The standard InChI is InChI=1S/C21H15ClN2O4/c1-2-28-21(27)15-10-14-16(17(24-15)11-5-7-12(22)8-6-11)20(26)18-13(19(14)25)4-3-9-23-18/h3-10,14,16H,2H2,1H3. The predicted octanol–water partition coefficient (Wildman–Crippen LogP) is 3.30. The number of allylic oxidation sites excluding steroid dienone is 1. The van der Waals surface area contributed by atoms with E-state index in [0.29, 0.717) is 16.3 Å². The number of ketones is 2. The number of benzene rings is 1. The molecule has 0 radical (unpaired) electrons. The number of nitrogens with zero attached hydrogens (tertiary/aromatic N) is 2. The zero-order chi connectivity index (χ0) is 19.8. The van der Waals surface area contributed by atoms with E-state index in [9.17, 15) is 14.4 Å². The Kier molecular flexibility index (Phi) is 4.65. The minimum absolute atomic E-state index is 0.0153. The summed E-state index contributed by atoms with van der Waals surface area (Å²) in [5.74, 6) is -2.89. The third-order valence-corrected chi connectivity index (χ3v) is 5.00. The Balaban J connectivity index is 1.89. The van der Waals surface area contributed by atoms with E-state index < -0.39 is 17.8 Å². The lowest BCUT2D eigenvalue weighted by Crippen LogP contribution is -2.43. The lowest BCUT2D eigenvalue weighted by molar-refractivity contribution is -0.138. The van der Waals surface area contributed by atoms with Crippen molar-refractivity contribution in [1.29, 1.82) is 0 Å². The first kappa shape index (κ1) is 18.3. The number of pyridine rings is 1. The molecule has 2 aliphatic rings. The van der Waals surface area contributed by atoms with E-state index in [1.165, 1.54) is 12.3 Å². The molecule has 0 saturated heterocycles. The molecular formula is C21H15ClN2O4. The molecule has 2 aromatic rings. The highest BCUT2D eigenvalue weighted by atomic mass is 35.5. The number of ether oxygens (including phenoxy) is 1. The topological polar surface area (TPSA) is 85.7 Å². The fourth-order valence-corrected chi connectivity index (χ4v) is 3.62. The van der Waals surface area contributed by atoms with Crippen LogP contribution in [-0.4, -0.2) is 34.8 Å². The van der Waals surface area contributed by atoms with Crippen molar-refractivity contribution in [1.82, 2.24) is 4.98 Å². The fraction of sp³-hybridized carbons (Fsp3) is 0.190. The number of halogens is 1. The number of hydrogen-bond acceptors (Lipinski definition) is 6. The highest BCUT2D eigenvalue weighted by Crippen LogP contribution is 2.37. The van der Waals surface area contributed by atoms with Gasteiger partial charge in [-0.3, -0.25) is 14.6 Å². The normalized spacial score (nSPS) is 20.6. The molecule has 4 rings (SSSR count). The van der Waals surface area contributed by atoms with Crippen molar-refractivity contribution < 1.29 is 19.1 Å². The van der Waals surface area contributed by atoms with Crippen LogP contribution in [0, 0.1) is 11.8 Å². The van der Waals surface area contributed by atoms with Crippen LogP contribution >= 0.6 is 11.6 Å². The number of hydrogen-bond donors (Lipinski definition) is 0. The smallest absolute Gasteiger partial charge is 0.356 e. The molecular weight excluding hydrogens is 380 g/mol. The van der Waals surface area contributed by atoms with E-state index in [2.05, 4.69) is 9.98 Å². The van der Waals surface area contributed by atoms with Crippen LogP contribution in [0.25, 0.3) is 0 Å². The maximum absolute atomic E-state index is 13.2. The summed E-state index contributed by atoms with van der Waals surface area (Å²) < 4.78 is 5.05. The molecule has 0 bridgehead atoms. The third kappa shape index (κ3) is 2.96. The lowest BCUT2D eigenvalue weighted by atomic mass is 9.71. The predicted molar refractivity (Wildman–Crippen MR) is 103 cm³/mol. The second-order valence-electron chi connectivity index (χ2n) is 6.41. The molecule has 7 heteroatoms. The van der Waals surface area contributed by atoms with Crippen LogP contribution in [0.15, 0.2) is 59.4 Å². The van der Waals surface area contributed by atoms with E-state index in [4.69, 9.17) is 16.3 Å². The highest BCUT2D eigenvalue weighted by molar-refractivity contribution is 6.31. The van der Waals surface area contributed by atoms with Crippen LogP contribution in [0.3, 0.4) is 0 Å². The molecule has 6 nitrogen and oxygen atoms in total. The largest absolute Gasteiger partial charge is 0.461 e. The van der Waals surface area contributed by atoms with Gasteiger partial charge in [0.05, 0.1) is 24.2 Å². The molecule has 2 unspecified atom stereocenters. The lowest BCUT2D eigenvalue weighted by Gasteiger charge is -2.32. The molecule has 0 saturated carbocycles. The fourth-order valence-electron chi connectivity index (χ4n) is 3.50. The van der Waals surface area contributed by atoms with Crippen molar-refractivity contribution in [3.8, 4) is 0 Å². The molecule has 1 aromatic heterocycles. The van der Waals surface area contributed by atoms with Gasteiger partial charge in [-0.25, -0.2) is 9.79 Å². The van der Waals surface area contributed by atoms with Crippen LogP contribution in [-0.2, 0) is 9.53 Å². The molecule has 2 atom stereocenters. The number of carbonyl (C=O) groups is 3. The quantitative estimate of drug-likeness (QED) is 0.745. The summed E-state index contributed by atoms with van der Waals surface area (Å²) in [6.07, 6.45) is 2.91. The van der Waals surface area contributed by atoms with Gasteiger partial charge in [0.15, 0.2) is 11.6 Å². The molecule has 0 spiro atoms. The molecule has 1 aliphatic heterocycles. The molecule has 140 valence electrons. The van der Waals surface area contributed by atoms with Gasteiger partial charge in [0.1, 0.15) is 11.4 Å². The summed E-state index contributed by atoms with van der Waals surface area (Å²) >= 11 is 5.97. The Morgan fingerprint density at radius 3 is 2.61 bits per heavy atom. The number of Topliss-reactive ketones (excluding diaryl/α,β-unsaturated/α-hetero) is 2. The van der Waals surface area contributed by atoms with Gasteiger partial charge in [0.2, 0.25) is 0 Å². The Morgan fingerprint density at radius 2 is 1.89 bits per heavy atom. The van der Waals surface area contributed by atoms with Crippen LogP contribution in [0.5, 0.6) is 0 Å². The van der Waals surface area contributed by atoms with Gasteiger partial charge in [-0.2, -0.15) is 0 Å². The van der Waals surface area contributed by atoms with Gasteiger partial charge in [0.25, 0.3) is 0 Å². The molecule has 0 fully saturated rings. The van der Waals surface area contributed by atoms with Crippen molar-refractivity contribution in [2.24, 2.45) is 16.8 Å². The second-order valence-corrected chi connectivity index (χ2v) is 6.84. The number of aliphatic imine (C=N–C) groups is 1. The number of carbonyl (C=O) groups excluding carboxylic acids is 3. The summed E-state index contributed by atoms with van der Waals surface area (Å²) in [5.41, 5.74) is 1.34. The van der Waals surface area contributed by atoms with Gasteiger partial charge in [-0.15, -0.1) is 0 Å². The number of rotatable bonds is 3. The second kappa shape index (κ2) is 7.13. The summed E-state index contributed by atoms with van der Waals surface area (Å²) in [7, 11) is 0. The third-order valence-electron chi connectivity index (χ3n) is 4.75. The zero-order valence-corrected chi connectivity index (χ0v) is 15.6. The van der Waals surface area contributed by atoms with Crippen LogP contribution < -0.4 is 0 Å². The molecule has 28 heavy (non-hydrogen) atoms. The monoisotopic (exact) mass is 394 g/mol. The van der Waals surface area contributed by atoms with Gasteiger partial charge in [0, 0.05) is 16.8 Å². The minimum atomic E-state index is -0.853. The first-order valence-corrected chi connectivity index (χ1v) is 9.16. The Labute approximate surface area is 165 Å².